The number of carbonyl (C=O) groups excluding carboxylic acids is 6. The molecule has 0 bridgehead atoms. The summed E-state index contributed by atoms with van der Waals surface area (Å²) in [5.74, 6) is -0.893. The van der Waals surface area contributed by atoms with Gasteiger partial charge in [0.05, 0.1) is 44.4 Å². The van der Waals surface area contributed by atoms with Gasteiger partial charge in [-0.3, -0.25) is 29.3 Å². The summed E-state index contributed by atoms with van der Waals surface area (Å²) in [5, 5.41) is 2.34. The summed E-state index contributed by atoms with van der Waals surface area (Å²) in [6, 6.07) is 12.4. The van der Waals surface area contributed by atoms with E-state index in [1.165, 1.54) is 0 Å². The lowest BCUT2D eigenvalue weighted by Gasteiger charge is -2.37. The lowest BCUT2D eigenvalue weighted by atomic mass is 10.00. The Balaban J connectivity index is 0.751. The largest absolute Gasteiger partial charge is 0.379 e. The summed E-state index contributed by atoms with van der Waals surface area (Å²) < 4.78 is 17.0. The Hall–Kier alpha value is -5.78. The molecule has 1 aromatic heterocycles. The van der Waals surface area contributed by atoms with Crippen LogP contribution in [-0.2, 0) is 43.2 Å². The molecule has 3 fully saturated rings. The Morgan fingerprint density at radius 3 is 2.32 bits per heavy atom. The zero-order valence-electron chi connectivity index (χ0n) is 35.4. The predicted octanol–water partition coefficient (Wildman–Crippen LogP) is 2.91. The quantitative estimate of drug-likeness (QED) is 0.0902. The summed E-state index contributed by atoms with van der Waals surface area (Å²) in [5.41, 5.74) is 10.3. The molecule has 5 heterocycles. The molecule has 0 aliphatic carbocycles. The number of fused-ring (bicyclic) bond motifs is 1. The number of Topliss-reactive ketones (excluding diaryl/α,β-unsaturated/α-hetero) is 1. The normalized spacial score (nSPS) is 19.0. The highest BCUT2D eigenvalue weighted by atomic mass is 16.5. The molecule has 62 heavy (non-hydrogen) atoms. The SMILES string of the molecule is CN1CCN([C@@H]2CCCN(c3cnc(C(N)=O)c(Cc4ccc(C(=O)CCCOCCOCCOCCCc5cccc6c5CN(C5CCC(=O)NC5=O)C6=O)cc4)n3)C2)C1=O. The molecular formula is C45H56N8O9. The zero-order valence-corrected chi connectivity index (χ0v) is 35.4. The Morgan fingerprint density at radius 2 is 1.61 bits per heavy atom. The van der Waals surface area contributed by atoms with Crippen LogP contribution in [0.2, 0.25) is 0 Å². The van der Waals surface area contributed by atoms with Crippen molar-refractivity contribution in [2.24, 2.45) is 5.73 Å². The van der Waals surface area contributed by atoms with Gasteiger partial charge in [0.25, 0.3) is 11.8 Å². The molecule has 4 aliphatic heterocycles. The molecule has 17 heteroatoms. The molecular weight excluding hydrogens is 797 g/mol. The molecule has 0 spiro atoms. The standard InChI is InChI=1S/C45H56N8O9/c1-50-18-19-52(45(50)59)33-8-3-17-51(28-33)39-27-47-41(42(46)56)36(48-39)26-30-11-13-32(14-12-30)38(54)10-5-21-61-23-25-62-24-22-60-20-4-7-31-6-2-9-34-35(31)29-53(44(34)58)37-15-16-40(55)49-43(37)57/h2,6,9,11-14,27,33,37H,3-5,7-8,10,15-26,28-29H2,1H3,(H2,46,56)(H,49,55,57)/t33-,37?/m1/s1. The van der Waals surface area contributed by atoms with Crippen LogP contribution in [0.4, 0.5) is 10.6 Å². The maximum Gasteiger partial charge on any atom is 0.320 e. The van der Waals surface area contributed by atoms with Gasteiger partial charge in [-0.25, -0.2) is 14.8 Å². The molecule has 3 saturated heterocycles. The topological polar surface area (TPSA) is 207 Å². The number of nitrogens with two attached hydrogens (primary N) is 1. The van der Waals surface area contributed by atoms with Crippen LogP contribution in [0.1, 0.15) is 98.5 Å². The van der Waals surface area contributed by atoms with E-state index in [0.29, 0.717) is 114 Å². The lowest BCUT2D eigenvalue weighted by Crippen LogP contribution is -2.52. The average molecular weight is 853 g/mol. The summed E-state index contributed by atoms with van der Waals surface area (Å²) in [6.45, 7) is 5.84. The molecule has 3 N–H and O–H groups in total. The number of ketones is 1. The first-order chi connectivity index (χ1) is 30.1. The summed E-state index contributed by atoms with van der Waals surface area (Å²) in [4.78, 5) is 91.4. The van der Waals surface area contributed by atoms with Crippen LogP contribution in [0.15, 0.2) is 48.7 Å². The molecule has 7 rings (SSSR count). The zero-order chi connectivity index (χ0) is 43.6. The second kappa shape index (κ2) is 20.9. The minimum Gasteiger partial charge on any atom is -0.379 e. The highest BCUT2D eigenvalue weighted by Gasteiger charge is 2.40. The number of benzene rings is 2. The molecule has 1 unspecified atom stereocenters. The van der Waals surface area contributed by atoms with Gasteiger partial charge < -0.3 is 39.5 Å². The fraction of sp³-hybridized carbons (Fsp3) is 0.511. The lowest BCUT2D eigenvalue weighted by molar-refractivity contribution is -0.136. The van der Waals surface area contributed by atoms with E-state index in [1.807, 2.05) is 36.2 Å². The minimum atomic E-state index is -0.656. The first-order valence-electron chi connectivity index (χ1n) is 21.6. The van der Waals surface area contributed by atoms with Crippen molar-refractivity contribution in [1.82, 2.24) is 30.0 Å². The number of nitrogens with zero attached hydrogens (tertiary/aromatic N) is 6. The smallest absolute Gasteiger partial charge is 0.320 e. The number of hydrogen-bond donors (Lipinski definition) is 2. The molecule has 2 atom stereocenters. The average Bonchev–Trinajstić information content (AvgIpc) is 3.79. The fourth-order valence-electron chi connectivity index (χ4n) is 8.59. The van der Waals surface area contributed by atoms with Gasteiger partial charge in [0, 0.05) is 83.4 Å². The predicted molar refractivity (Wildman–Crippen MR) is 227 cm³/mol. The number of aryl methyl sites for hydroxylation is 1. The Labute approximate surface area is 361 Å². The van der Waals surface area contributed by atoms with Crippen molar-refractivity contribution < 1.29 is 43.0 Å². The second-order valence-electron chi connectivity index (χ2n) is 16.2. The third kappa shape index (κ3) is 10.8. The number of anilines is 1. The number of piperidine rings is 2. The highest BCUT2D eigenvalue weighted by Crippen LogP contribution is 2.31. The van der Waals surface area contributed by atoms with E-state index in [9.17, 15) is 28.8 Å². The Bertz CT molecular complexity index is 2130. The van der Waals surface area contributed by atoms with E-state index in [2.05, 4.69) is 15.2 Å². The van der Waals surface area contributed by atoms with Gasteiger partial charge in [-0.1, -0.05) is 36.4 Å². The first kappa shape index (κ1) is 44.3. The number of carbonyl (C=O) groups is 6. The number of primary amides is 1. The number of imide groups is 1. The van der Waals surface area contributed by atoms with Crippen LogP contribution in [-0.4, -0.2) is 145 Å². The van der Waals surface area contributed by atoms with Gasteiger partial charge in [0.15, 0.2) is 5.78 Å². The molecule has 4 aliphatic rings. The number of likely N-dealkylation sites (N-methyl/N-ethyl adjacent to an activating group) is 1. The van der Waals surface area contributed by atoms with Gasteiger partial charge in [0.2, 0.25) is 11.8 Å². The number of urea groups is 1. The van der Waals surface area contributed by atoms with Crippen molar-refractivity contribution in [2.45, 2.75) is 76.4 Å². The van der Waals surface area contributed by atoms with Crippen LogP contribution in [0, 0.1) is 0 Å². The second-order valence-corrected chi connectivity index (χ2v) is 16.2. The third-order valence-corrected chi connectivity index (χ3v) is 12.0. The Morgan fingerprint density at radius 1 is 0.871 bits per heavy atom. The van der Waals surface area contributed by atoms with Crippen LogP contribution in [0.5, 0.6) is 0 Å². The first-order valence-corrected chi connectivity index (χ1v) is 21.6. The number of amides is 6. The van der Waals surface area contributed by atoms with Crippen molar-refractivity contribution in [2.75, 3.05) is 77.8 Å². The van der Waals surface area contributed by atoms with Gasteiger partial charge >= 0.3 is 6.03 Å². The van der Waals surface area contributed by atoms with Crippen LogP contribution >= 0.6 is 0 Å². The molecule has 330 valence electrons. The minimum absolute atomic E-state index is 0.00910. The number of nitrogens with one attached hydrogen (secondary N) is 1. The number of hydrogen-bond acceptors (Lipinski definition) is 12. The van der Waals surface area contributed by atoms with Crippen molar-refractivity contribution in [3.8, 4) is 0 Å². The van der Waals surface area contributed by atoms with E-state index >= 15 is 0 Å². The van der Waals surface area contributed by atoms with Crippen molar-refractivity contribution in [3.63, 3.8) is 0 Å². The maximum atomic E-state index is 13.1. The summed E-state index contributed by atoms with van der Waals surface area (Å²) >= 11 is 0. The van der Waals surface area contributed by atoms with Crippen molar-refractivity contribution in [3.05, 3.63) is 87.9 Å². The van der Waals surface area contributed by atoms with Crippen LogP contribution in [0.3, 0.4) is 0 Å². The Kier molecular flexibility index (Phi) is 14.9. The van der Waals surface area contributed by atoms with Gasteiger partial charge in [-0.2, -0.15) is 0 Å². The molecule has 17 nitrogen and oxygen atoms in total. The molecule has 3 aromatic rings. The van der Waals surface area contributed by atoms with E-state index in [1.54, 1.807) is 34.2 Å². The van der Waals surface area contributed by atoms with Gasteiger partial charge in [-0.15, -0.1) is 0 Å². The maximum absolute atomic E-state index is 13.1. The fourth-order valence-corrected chi connectivity index (χ4v) is 8.59. The molecule has 0 saturated carbocycles. The van der Waals surface area contributed by atoms with E-state index in [4.69, 9.17) is 24.9 Å². The number of ether oxygens (including phenoxy) is 3. The van der Waals surface area contributed by atoms with Crippen LogP contribution in [0.25, 0.3) is 0 Å². The number of rotatable bonds is 21. The molecule has 6 amide bonds. The highest BCUT2D eigenvalue weighted by molar-refractivity contribution is 6.05. The number of aromatic nitrogens is 2. The van der Waals surface area contributed by atoms with Crippen molar-refractivity contribution in [1.29, 1.82) is 0 Å². The third-order valence-electron chi connectivity index (χ3n) is 12.0. The van der Waals surface area contributed by atoms with E-state index in [-0.39, 0.29) is 41.8 Å². The van der Waals surface area contributed by atoms with Gasteiger partial charge in [-0.05, 0) is 61.3 Å². The van der Waals surface area contributed by atoms with E-state index < -0.39 is 17.9 Å². The molecule has 2 aromatic carbocycles. The summed E-state index contributed by atoms with van der Waals surface area (Å²) in [6.07, 6.45) is 6.70. The van der Waals surface area contributed by atoms with Gasteiger partial charge in [0.1, 0.15) is 17.6 Å². The molecule has 0 radical (unpaired) electrons. The summed E-state index contributed by atoms with van der Waals surface area (Å²) in [7, 11) is 1.82. The van der Waals surface area contributed by atoms with Crippen LogP contribution < -0.4 is 16.0 Å². The van der Waals surface area contributed by atoms with E-state index in [0.717, 1.165) is 48.9 Å². The van der Waals surface area contributed by atoms with Crippen molar-refractivity contribution >= 4 is 41.3 Å². The monoisotopic (exact) mass is 852 g/mol.